The third kappa shape index (κ3) is 3.98. The fraction of sp³-hybridized carbons (Fsp3) is 0.500. The predicted octanol–water partition coefficient (Wildman–Crippen LogP) is 3.37. The van der Waals surface area contributed by atoms with E-state index in [4.69, 9.17) is 29.0 Å². The van der Waals surface area contributed by atoms with E-state index in [0.29, 0.717) is 0 Å². The fourth-order valence-electron chi connectivity index (χ4n) is 2.86. The first-order valence-corrected chi connectivity index (χ1v) is 8.77. The van der Waals surface area contributed by atoms with Crippen LogP contribution in [0.5, 0.6) is 5.75 Å². The summed E-state index contributed by atoms with van der Waals surface area (Å²) >= 11 is 11.6. The minimum absolute atomic E-state index is 0.0570. The molecule has 1 saturated heterocycles. The van der Waals surface area contributed by atoms with Crippen molar-refractivity contribution >= 4 is 40.6 Å². The number of nitrogens with two attached hydrogens (primary N) is 1. The molecule has 0 bridgehead atoms. The Balaban J connectivity index is 2.30. The van der Waals surface area contributed by atoms with Gasteiger partial charge in [-0.3, -0.25) is 4.79 Å². The van der Waals surface area contributed by atoms with Crippen LogP contribution in [0.4, 0.5) is 18.9 Å². The number of benzene rings is 1. The van der Waals surface area contributed by atoms with Crippen LogP contribution in [0.1, 0.15) is 13.3 Å². The number of ether oxygens (including phenoxy) is 1. The van der Waals surface area contributed by atoms with Crippen LogP contribution in [0, 0.1) is 11.3 Å². The molecule has 0 aliphatic carbocycles. The van der Waals surface area contributed by atoms with Crippen molar-refractivity contribution in [3.63, 3.8) is 0 Å². The standard InChI is InChI=1S/C16H18Cl2F3N2O3/c1-15(8-17,9-18)13(24)12-5-6-23(22,14(12)25)10-3-2-4-11(7-10)26-16(19,20)21/h2-4,7,12H,5-6,8-9,22H2,1H3/q+1. The fourth-order valence-corrected chi connectivity index (χ4v) is 3.41. The first-order valence-electron chi connectivity index (χ1n) is 7.70. The minimum Gasteiger partial charge on any atom is -0.406 e. The number of halogens is 5. The number of ketones is 1. The van der Waals surface area contributed by atoms with Gasteiger partial charge in [0.15, 0.2) is 11.5 Å². The van der Waals surface area contributed by atoms with Crippen molar-refractivity contribution in [1.82, 2.24) is 4.59 Å². The van der Waals surface area contributed by atoms with Crippen LogP contribution < -0.4 is 15.2 Å². The monoisotopic (exact) mass is 413 g/mol. The molecular weight excluding hydrogens is 396 g/mol. The van der Waals surface area contributed by atoms with Gasteiger partial charge in [-0.1, -0.05) is 13.0 Å². The zero-order chi connectivity index (χ0) is 19.8. The molecule has 1 heterocycles. The first-order chi connectivity index (χ1) is 12.0. The molecule has 1 aliphatic rings. The number of rotatable bonds is 6. The topological polar surface area (TPSA) is 69.4 Å². The summed E-state index contributed by atoms with van der Waals surface area (Å²) in [5.74, 6) is 3.49. The molecule has 0 saturated carbocycles. The van der Waals surface area contributed by atoms with Gasteiger partial charge in [0.25, 0.3) is 0 Å². The predicted molar refractivity (Wildman–Crippen MR) is 91.6 cm³/mol. The summed E-state index contributed by atoms with van der Waals surface area (Å²) in [7, 11) is 0. The molecule has 1 aliphatic heterocycles. The Morgan fingerprint density at radius 3 is 2.50 bits per heavy atom. The summed E-state index contributed by atoms with van der Waals surface area (Å²) in [5.41, 5.74) is -0.981. The van der Waals surface area contributed by atoms with Gasteiger partial charge < -0.3 is 4.74 Å². The van der Waals surface area contributed by atoms with Crippen LogP contribution in [0.25, 0.3) is 0 Å². The molecule has 1 amide bonds. The lowest BCUT2D eigenvalue weighted by molar-refractivity contribution is -0.274. The van der Waals surface area contributed by atoms with Gasteiger partial charge in [-0.25, -0.2) is 4.79 Å². The molecule has 2 unspecified atom stereocenters. The van der Waals surface area contributed by atoms with E-state index in [1.165, 1.54) is 12.1 Å². The molecule has 144 valence electrons. The van der Waals surface area contributed by atoms with Gasteiger partial charge in [0.2, 0.25) is 0 Å². The summed E-state index contributed by atoms with van der Waals surface area (Å²) in [5, 5.41) is 0. The van der Waals surface area contributed by atoms with Gasteiger partial charge in [-0.05, 0) is 6.07 Å². The summed E-state index contributed by atoms with van der Waals surface area (Å²) < 4.78 is 40.3. The maximum absolute atomic E-state index is 12.8. The molecule has 0 spiro atoms. The van der Waals surface area contributed by atoms with Gasteiger partial charge in [-0.2, -0.15) is 10.4 Å². The zero-order valence-corrected chi connectivity index (χ0v) is 15.4. The van der Waals surface area contributed by atoms with E-state index in [1.54, 1.807) is 6.92 Å². The molecule has 0 radical (unpaired) electrons. The second kappa shape index (κ2) is 7.34. The van der Waals surface area contributed by atoms with Gasteiger partial charge in [0, 0.05) is 30.3 Å². The third-order valence-corrected chi connectivity index (χ3v) is 5.65. The summed E-state index contributed by atoms with van der Waals surface area (Å²) in [6, 6.07) is 4.86. The van der Waals surface area contributed by atoms with Crippen LogP contribution in [0.3, 0.4) is 0 Å². The lowest BCUT2D eigenvalue weighted by Crippen LogP contribution is -2.58. The molecule has 1 aromatic rings. The number of Topliss-reactive ketones (excluding diaryl/α,β-unsaturated/α-hetero) is 1. The van der Waals surface area contributed by atoms with Gasteiger partial charge in [-0.15, -0.1) is 36.4 Å². The third-order valence-electron chi connectivity index (χ3n) is 4.48. The largest absolute Gasteiger partial charge is 0.573 e. The Bertz CT molecular complexity index is 710. The molecule has 1 fully saturated rings. The summed E-state index contributed by atoms with van der Waals surface area (Å²) in [6.07, 6.45) is -4.71. The molecule has 2 atom stereocenters. The van der Waals surface area contributed by atoms with Crippen molar-refractivity contribution in [2.24, 2.45) is 17.2 Å². The van der Waals surface area contributed by atoms with Crippen LogP contribution >= 0.6 is 23.2 Å². The van der Waals surface area contributed by atoms with Crippen molar-refractivity contribution in [3.05, 3.63) is 24.3 Å². The van der Waals surface area contributed by atoms with Crippen LogP contribution in [0.15, 0.2) is 24.3 Å². The lowest BCUT2D eigenvalue weighted by Gasteiger charge is -2.27. The van der Waals surface area contributed by atoms with Crippen LogP contribution in [-0.2, 0) is 9.59 Å². The highest BCUT2D eigenvalue weighted by Crippen LogP contribution is 2.37. The molecule has 5 nitrogen and oxygen atoms in total. The van der Waals surface area contributed by atoms with Gasteiger partial charge >= 0.3 is 12.3 Å². The number of carbonyl (C=O) groups excluding carboxylic acids is 2. The zero-order valence-electron chi connectivity index (χ0n) is 13.9. The van der Waals surface area contributed by atoms with Crippen LogP contribution in [-0.4, -0.2) is 36.4 Å². The van der Waals surface area contributed by atoms with Gasteiger partial charge in [0.05, 0.1) is 5.41 Å². The molecule has 2 rings (SSSR count). The lowest BCUT2D eigenvalue weighted by atomic mass is 9.82. The molecule has 0 aromatic heterocycles. The van der Waals surface area contributed by atoms with E-state index in [2.05, 4.69) is 4.74 Å². The average molecular weight is 414 g/mol. The highest BCUT2D eigenvalue weighted by molar-refractivity contribution is 6.25. The highest BCUT2D eigenvalue weighted by atomic mass is 35.5. The summed E-state index contributed by atoms with van der Waals surface area (Å²) in [4.78, 5) is 25.5. The number of hydrogen-bond acceptors (Lipinski definition) is 4. The Morgan fingerprint density at radius 1 is 1.35 bits per heavy atom. The number of carbonyl (C=O) groups is 2. The Kier molecular flexibility index (Phi) is 5.92. The maximum Gasteiger partial charge on any atom is 0.573 e. The van der Waals surface area contributed by atoms with E-state index in [9.17, 15) is 22.8 Å². The Hall–Kier alpha value is -1.35. The van der Waals surface area contributed by atoms with Gasteiger partial charge in [0.1, 0.15) is 18.2 Å². The average Bonchev–Trinajstić information content (AvgIpc) is 2.89. The highest BCUT2D eigenvalue weighted by Gasteiger charge is 2.54. The van der Waals surface area contributed by atoms with Crippen molar-refractivity contribution in [2.45, 2.75) is 19.7 Å². The second-order valence-corrected chi connectivity index (χ2v) is 7.04. The van der Waals surface area contributed by atoms with E-state index >= 15 is 0 Å². The number of amides is 1. The molecule has 2 N–H and O–H groups in total. The number of hydrogen-bond donors (Lipinski definition) is 1. The van der Waals surface area contributed by atoms with E-state index < -0.39 is 39.7 Å². The van der Waals surface area contributed by atoms with E-state index in [0.717, 1.165) is 12.1 Å². The minimum atomic E-state index is -4.87. The quantitative estimate of drug-likeness (QED) is 0.255. The molecule has 1 aromatic carbocycles. The molecule has 26 heavy (non-hydrogen) atoms. The molecular formula is C16H18Cl2F3N2O3+. The van der Waals surface area contributed by atoms with Crippen molar-refractivity contribution in [2.75, 3.05) is 18.3 Å². The van der Waals surface area contributed by atoms with Crippen LogP contribution in [0.2, 0.25) is 0 Å². The van der Waals surface area contributed by atoms with Crippen molar-refractivity contribution in [3.8, 4) is 5.75 Å². The smallest absolute Gasteiger partial charge is 0.406 e. The Morgan fingerprint density at radius 2 is 1.96 bits per heavy atom. The number of nitrogens with zero attached hydrogens (tertiary/aromatic N) is 1. The normalized spacial score (nSPS) is 24.0. The maximum atomic E-state index is 12.8. The first kappa shape index (κ1) is 21.0. The van der Waals surface area contributed by atoms with E-state index in [-0.39, 0.29) is 30.4 Å². The Labute approximate surface area is 158 Å². The molecule has 10 heteroatoms. The van der Waals surface area contributed by atoms with Crippen molar-refractivity contribution < 1.29 is 27.5 Å². The number of quaternary nitrogens is 1. The van der Waals surface area contributed by atoms with E-state index in [1.807, 2.05) is 0 Å². The second-order valence-electron chi connectivity index (χ2n) is 6.51. The van der Waals surface area contributed by atoms with Crippen molar-refractivity contribution in [1.29, 1.82) is 0 Å². The SMILES string of the molecule is CC(CCl)(CCl)C(=O)C1CC[N+](N)(c2cccc(OC(F)(F)F)c2)C1=O. The summed E-state index contributed by atoms with van der Waals surface area (Å²) in [6.45, 7) is 1.62. The number of alkyl halides is 5.